The van der Waals surface area contributed by atoms with Crippen molar-refractivity contribution in [3.8, 4) is 0 Å². The smallest absolute Gasteiger partial charge is 0.316 e. The molecule has 6 aliphatic heterocycles. The molecule has 14 N–H and O–H groups in total. The summed E-state index contributed by atoms with van der Waals surface area (Å²) < 4.78 is 72.4. The summed E-state index contributed by atoms with van der Waals surface area (Å²) in [5.41, 5.74) is -1.32. The second-order valence-electron chi connectivity index (χ2n) is 27.7. The van der Waals surface area contributed by atoms with Crippen LogP contribution in [-0.2, 0) is 61.6 Å². The Hall–Kier alpha value is -2.05. The number of cyclic esters (lactones) is 1. The summed E-state index contributed by atoms with van der Waals surface area (Å²) in [7, 11) is 1.19. The lowest BCUT2D eigenvalue weighted by molar-refractivity contribution is -0.394. The van der Waals surface area contributed by atoms with Crippen molar-refractivity contribution >= 4 is 5.97 Å². The highest BCUT2D eigenvalue weighted by atomic mass is 16.8. The van der Waals surface area contributed by atoms with Gasteiger partial charge in [-0.05, 0) is 107 Å². The maximum Gasteiger partial charge on any atom is 0.316 e. The molecule has 27 nitrogen and oxygen atoms in total. The van der Waals surface area contributed by atoms with E-state index in [9.17, 15) is 76.3 Å². The fourth-order valence-corrected chi connectivity index (χ4v) is 17.6. The lowest BCUT2D eigenvalue weighted by Crippen LogP contribution is -2.67. The van der Waals surface area contributed by atoms with Gasteiger partial charge in [0, 0.05) is 13.0 Å². The molecular formula is C60H96O27. The number of hydrogen-bond donors (Lipinski definition) is 14. The van der Waals surface area contributed by atoms with Crippen LogP contribution < -0.4 is 0 Å². The first-order chi connectivity index (χ1) is 41.0. The second-order valence-corrected chi connectivity index (χ2v) is 27.7. The third-order valence-corrected chi connectivity index (χ3v) is 22.3. The van der Waals surface area contributed by atoms with E-state index in [0.717, 1.165) is 49.7 Å². The zero-order valence-electron chi connectivity index (χ0n) is 50.8. The quantitative estimate of drug-likeness (QED) is 0.0380. The molecular weight excluding hydrogens is 1150 g/mol. The minimum atomic E-state index is -2.02. The van der Waals surface area contributed by atoms with Gasteiger partial charge in [-0.2, -0.15) is 0 Å². The predicted octanol–water partition coefficient (Wildman–Crippen LogP) is -2.59. The van der Waals surface area contributed by atoms with Gasteiger partial charge < -0.3 is 128 Å². The molecule has 0 aromatic rings. The Balaban J connectivity index is 0.870. The molecule has 0 radical (unpaired) electrons. The lowest BCUT2D eigenvalue weighted by atomic mass is 9.40. The number of carbonyl (C=O) groups excluding carboxylic acids is 1. The molecule has 0 amide bonds. The Kier molecular flexibility index (Phi) is 20.0. The monoisotopic (exact) mass is 1250 g/mol. The fraction of sp³-hybridized carbons (Fsp3) is 0.917. The number of rotatable bonds is 18. The van der Waals surface area contributed by atoms with Crippen molar-refractivity contribution in [2.75, 3.05) is 33.5 Å². The maximum atomic E-state index is 14.5. The molecule has 0 aromatic heterocycles. The van der Waals surface area contributed by atoms with E-state index in [4.69, 9.17) is 56.8 Å². The van der Waals surface area contributed by atoms with Gasteiger partial charge in [0.05, 0.1) is 44.7 Å². The molecule has 3 saturated carbocycles. The average Bonchev–Trinajstić information content (AvgIpc) is 1.54. The van der Waals surface area contributed by atoms with E-state index in [0.29, 0.717) is 19.3 Å². The molecule has 0 unspecified atom stereocenters. The Morgan fingerprint density at radius 1 is 0.598 bits per heavy atom. The Labute approximate surface area is 505 Å². The highest BCUT2D eigenvalue weighted by Gasteiger charge is 2.79. The van der Waals surface area contributed by atoms with Crippen molar-refractivity contribution in [1.29, 1.82) is 0 Å². The van der Waals surface area contributed by atoms with Gasteiger partial charge in [-0.25, -0.2) is 0 Å². The molecule has 9 fully saturated rings. The summed E-state index contributed by atoms with van der Waals surface area (Å²) in [6, 6.07) is 0. The third-order valence-electron chi connectivity index (χ3n) is 22.3. The number of aliphatic hydroxyl groups is 14. The zero-order valence-corrected chi connectivity index (χ0v) is 50.8. The molecule has 498 valence electrons. The van der Waals surface area contributed by atoms with Crippen LogP contribution >= 0.6 is 0 Å². The van der Waals surface area contributed by atoms with Gasteiger partial charge in [0.2, 0.25) is 0 Å². The molecule has 0 aromatic carbocycles. The summed E-state index contributed by atoms with van der Waals surface area (Å²) in [5, 5.41) is 155. The number of aliphatic hydroxyl groups excluding tert-OH is 14. The van der Waals surface area contributed by atoms with E-state index in [1.54, 1.807) is 0 Å². The maximum absolute atomic E-state index is 14.5. The highest BCUT2D eigenvalue weighted by Crippen LogP contribution is 2.76. The first kappa shape index (κ1) is 67.8. The van der Waals surface area contributed by atoms with Gasteiger partial charge in [-0.15, -0.1) is 6.58 Å². The number of fused-ring (bicyclic) bond motifs is 4. The largest absolute Gasteiger partial charge is 0.459 e. The first-order valence-electron chi connectivity index (χ1n) is 30.9. The van der Waals surface area contributed by atoms with Crippen molar-refractivity contribution < 1.29 is 133 Å². The normalized spacial score (nSPS) is 53.1. The SMILES string of the molecule is C=C(C)CCC[C@]1(C)OC(=O)[C@]23[C@@H](O)C=C4[C@@H](CC[C@H]5C(C)(C)[C@@H](O[C@@H]6OC[C@@H](O[C@@H]7O[C@H](CO)[C@@H](O)[C@H](O)[C@H]7O)[C@H](O)[C@H]6O[C@@H]6O[C@H](C)[C@@H](O[C@@H]7O[C@H](CO)[C@@H](O)[C@H](O[C@@H]8O[C@H](CO)[C@@H](O)[C@H](OC)[C@H]8O)[C@H]7O)[C@H](O)[C@H]6O)CC[C@]45C)[C@]2(C)CC[C@@H]31. The molecule has 1 spiro atoms. The van der Waals surface area contributed by atoms with Crippen molar-refractivity contribution in [3.63, 3.8) is 0 Å². The van der Waals surface area contributed by atoms with Crippen molar-refractivity contribution in [1.82, 2.24) is 0 Å². The summed E-state index contributed by atoms with van der Waals surface area (Å²) in [5.74, 6) is -0.549. The standard InChI is InChI=1S/C60H96O27/c1-24(2)11-10-16-59(8)33-14-18-58(7)26-12-13-32-56(4,5)35(15-17-57(32,6)27(26)19-34(64)60(33,58)55(75)87-59)83-54-49(39(68)31(23-77-54)82-51-42(71)40(69)36(65)28(20-61)79-51)86-50-43(72)41(70)46(25(3)78-50)84-53-45(74)48(38(67)30(22-63)81-53)85-52-44(73)47(76-9)37(66)29(21-62)80-52/h19,25-26,28-54,61-74H,1,10-18,20-23H2,2-9H3/t25-,26-,28-,29-,30-,31-,32+,33-,34+,35+,36-,37-,38-,39+,40+,41-,42-,43-,44-,45-,46-,47+,48+,49-,50+,51+,52+,53+,54+,57-,58+,59+,60+/m1/s1. The van der Waals surface area contributed by atoms with E-state index in [1.807, 2.05) is 19.9 Å². The zero-order chi connectivity index (χ0) is 63.4. The van der Waals surface area contributed by atoms with E-state index >= 15 is 0 Å². The summed E-state index contributed by atoms with van der Waals surface area (Å²) >= 11 is 0. The van der Waals surface area contributed by atoms with Gasteiger partial charge >= 0.3 is 5.97 Å². The van der Waals surface area contributed by atoms with Gasteiger partial charge in [0.1, 0.15) is 121 Å². The average molecular weight is 1250 g/mol. The van der Waals surface area contributed by atoms with E-state index < -0.39 is 213 Å². The topological polar surface area (TPSA) is 411 Å². The molecule has 6 saturated heterocycles. The predicted molar refractivity (Wildman–Crippen MR) is 294 cm³/mol. The molecule has 10 rings (SSSR count). The van der Waals surface area contributed by atoms with E-state index in [-0.39, 0.29) is 23.7 Å². The van der Waals surface area contributed by atoms with Crippen molar-refractivity contribution in [2.45, 2.75) is 271 Å². The van der Waals surface area contributed by atoms with Crippen LogP contribution in [0.2, 0.25) is 0 Å². The van der Waals surface area contributed by atoms with Crippen LogP contribution in [0.15, 0.2) is 23.8 Å². The minimum Gasteiger partial charge on any atom is -0.459 e. The van der Waals surface area contributed by atoms with Gasteiger partial charge in [0.25, 0.3) is 0 Å². The molecule has 4 aliphatic carbocycles. The molecule has 87 heavy (non-hydrogen) atoms. The van der Waals surface area contributed by atoms with Crippen LogP contribution in [0.25, 0.3) is 0 Å². The number of hydrogen-bond acceptors (Lipinski definition) is 27. The van der Waals surface area contributed by atoms with Crippen molar-refractivity contribution in [3.05, 3.63) is 23.8 Å². The first-order valence-corrected chi connectivity index (χ1v) is 30.9. The van der Waals surface area contributed by atoms with Crippen LogP contribution in [0, 0.1) is 39.4 Å². The second kappa shape index (κ2) is 25.7. The van der Waals surface area contributed by atoms with Crippen molar-refractivity contribution in [2.24, 2.45) is 39.4 Å². The van der Waals surface area contributed by atoms with Crippen LogP contribution in [0.3, 0.4) is 0 Å². The summed E-state index contributed by atoms with van der Waals surface area (Å²) in [6.07, 6.45) is -33.3. The number of allylic oxidation sites excluding steroid dienone is 2. The lowest BCUT2D eigenvalue weighted by Gasteiger charge is -2.64. The number of carbonyl (C=O) groups is 1. The molecule has 0 bridgehead atoms. The van der Waals surface area contributed by atoms with Gasteiger partial charge in [-0.1, -0.05) is 44.9 Å². The molecule has 6 heterocycles. The molecule has 10 aliphatic rings. The van der Waals surface area contributed by atoms with E-state index in [1.165, 1.54) is 14.0 Å². The number of esters is 1. The van der Waals surface area contributed by atoms with Crippen LogP contribution in [0.1, 0.15) is 106 Å². The number of ether oxygens (including phenoxy) is 12. The Bertz CT molecular complexity index is 2440. The Morgan fingerprint density at radius 2 is 1.16 bits per heavy atom. The van der Waals surface area contributed by atoms with E-state index in [2.05, 4.69) is 34.3 Å². The van der Waals surface area contributed by atoms with Crippen LogP contribution in [0.4, 0.5) is 0 Å². The van der Waals surface area contributed by atoms with Gasteiger partial charge in [0.15, 0.2) is 31.5 Å². The Morgan fingerprint density at radius 3 is 1.78 bits per heavy atom. The molecule has 33 atom stereocenters. The molecule has 27 heteroatoms. The number of methoxy groups -OCH3 is 1. The van der Waals surface area contributed by atoms with Crippen LogP contribution in [-0.4, -0.2) is 276 Å². The minimum absolute atomic E-state index is 0.0129. The van der Waals surface area contributed by atoms with Gasteiger partial charge in [-0.3, -0.25) is 4.79 Å². The van der Waals surface area contributed by atoms with Crippen LogP contribution in [0.5, 0.6) is 0 Å². The summed E-state index contributed by atoms with van der Waals surface area (Å²) in [4.78, 5) is 14.5. The summed E-state index contributed by atoms with van der Waals surface area (Å²) in [6.45, 7) is 15.3. The highest BCUT2D eigenvalue weighted by molar-refractivity contribution is 5.84. The third kappa shape index (κ3) is 11.3. The fourth-order valence-electron chi connectivity index (χ4n) is 17.6.